The largest absolute Gasteiger partial charge is 0.397 e. The quantitative estimate of drug-likeness (QED) is 0.658. The molecule has 1 aliphatic rings. The highest BCUT2D eigenvalue weighted by Crippen LogP contribution is 2.21. The third-order valence-corrected chi connectivity index (χ3v) is 2.64. The number of piperidine rings is 1. The van der Waals surface area contributed by atoms with E-state index >= 15 is 0 Å². The highest BCUT2D eigenvalue weighted by molar-refractivity contribution is 5.77. The van der Waals surface area contributed by atoms with Crippen molar-refractivity contribution >= 4 is 17.3 Å². The van der Waals surface area contributed by atoms with Crippen molar-refractivity contribution in [3.63, 3.8) is 0 Å². The van der Waals surface area contributed by atoms with Crippen LogP contribution in [-0.4, -0.2) is 18.5 Å². The highest BCUT2D eigenvalue weighted by atomic mass is 19.1. The van der Waals surface area contributed by atoms with E-state index in [1.807, 2.05) is 0 Å². The van der Waals surface area contributed by atoms with Crippen molar-refractivity contribution in [2.75, 3.05) is 17.6 Å². The van der Waals surface area contributed by atoms with E-state index in [-0.39, 0.29) is 17.8 Å². The molecule has 1 aromatic carbocycles. The average molecular weight is 223 g/mol. The summed E-state index contributed by atoms with van der Waals surface area (Å²) in [6, 6.07) is 4.33. The van der Waals surface area contributed by atoms with Crippen molar-refractivity contribution in [2.24, 2.45) is 0 Å². The number of anilines is 2. The summed E-state index contributed by atoms with van der Waals surface area (Å²) in [5.74, 6) is -0.262. The van der Waals surface area contributed by atoms with E-state index in [1.54, 1.807) is 0 Å². The zero-order chi connectivity index (χ0) is 11.5. The summed E-state index contributed by atoms with van der Waals surface area (Å²) in [7, 11) is 0. The molecule has 1 aromatic rings. The van der Waals surface area contributed by atoms with Crippen molar-refractivity contribution in [3.05, 3.63) is 24.0 Å². The Kier molecular flexibility index (Phi) is 2.94. The standard InChI is InChI=1S/C11H14FN3O/c12-7-1-3-9(13)10(5-7)15-8-2-4-11(16)14-6-8/h1,3,5,8,15H,2,4,6,13H2,(H,14,16). The summed E-state index contributed by atoms with van der Waals surface area (Å²) in [6.45, 7) is 0.550. The molecule has 4 N–H and O–H groups in total. The van der Waals surface area contributed by atoms with Gasteiger partial charge in [0.1, 0.15) is 5.82 Å². The summed E-state index contributed by atoms with van der Waals surface area (Å²) in [4.78, 5) is 11.0. The Balaban J connectivity index is 2.03. The van der Waals surface area contributed by atoms with Gasteiger partial charge in [0.25, 0.3) is 0 Å². The second-order valence-electron chi connectivity index (χ2n) is 3.92. The highest BCUT2D eigenvalue weighted by Gasteiger charge is 2.18. The zero-order valence-corrected chi connectivity index (χ0v) is 8.79. The summed E-state index contributed by atoms with van der Waals surface area (Å²) in [5, 5.41) is 5.88. The molecule has 0 spiro atoms. The SMILES string of the molecule is Nc1ccc(F)cc1NC1CCC(=O)NC1. The number of hydrogen-bond donors (Lipinski definition) is 3. The lowest BCUT2D eigenvalue weighted by molar-refractivity contribution is -0.122. The van der Waals surface area contributed by atoms with Crippen LogP contribution in [0.15, 0.2) is 18.2 Å². The minimum atomic E-state index is -0.323. The number of amides is 1. The maximum atomic E-state index is 13.0. The molecule has 0 aromatic heterocycles. The van der Waals surface area contributed by atoms with Crippen LogP contribution in [0.4, 0.5) is 15.8 Å². The van der Waals surface area contributed by atoms with Crippen LogP contribution >= 0.6 is 0 Å². The van der Waals surface area contributed by atoms with Crippen LogP contribution in [0.25, 0.3) is 0 Å². The molecule has 1 fully saturated rings. The van der Waals surface area contributed by atoms with Gasteiger partial charge in [-0.3, -0.25) is 4.79 Å². The lowest BCUT2D eigenvalue weighted by Crippen LogP contribution is -2.42. The van der Waals surface area contributed by atoms with Crippen molar-refractivity contribution < 1.29 is 9.18 Å². The van der Waals surface area contributed by atoms with E-state index in [0.717, 1.165) is 6.42 Å². The third kappa shape index (κ3) is 2.42. The van der Waals surface area contributed by atoms with Crippen LogP contribution in [0.2, 0.25) is 0 Å². The molecule has 1 amide bonds. The Labute approximate surface area is 93.0 Å². The summed E-state index contributed by atoms with van der Waals surface area (Å²) >= 11 is 0. The summed E-state index contributed by atoms with van der Waals surface area (Å²) in [5.41, 5.74) is 6.81. The van der Waals surface area contributed by atoms with Gasteiger partial charge in [0.15, 0.2) is 0 Å². The van der Waals surface area contributed by atoms with Gasteiger partial charge in [-0.25, -0.2) is 4.39 Å². The Bertz CT molecular complexity index is 398. The van der Waals surface area contributed by atoms with E-state index in [1.165, 1.54) is 18.2 Å². The number of nitrogen functional groups attached to an aromatic ring is 1. The number of nitrogens with two attached hydrogens (primary N) is 1. The number of nitrogens with one attached hydrogen (secondary N) is 2. The molecule has 1 saturated heterocycles. The molecule has 1 aliphatic heterocycles. The van der Waals surface area contributed by atoms with Crippen LogP contribution in [0.3, 0.4) is 0 Å². The fourth-order valence-corrected chi connectivity index (χ4v) is 1.73. The molecular formula is C11H14FN3O. The van der Waals surface area contributed by atoms with Crippen molar-refractivity contribution in [2.45, 2.75) is 18.9 Å². The van der Waals surface area contributed by atoms with Crippen LogP contribution in [0.5, 0.6) is 0 Å². The lowest BCUT2D eigenvalue weighted by atomic mass is 10.1. The second kappa shape index (κ2) is 4.38. The number of carbonyl (C=O) groups excluding carboxylic acids is 1. The van der Waals surface area contributed by atoms with Gasteiger partial charge in [0.05, 0.1) is 11.4 Å². The predicted molar refractivity (Wildman–Crippen MR) is 60.5 cm³/mol. The molecule has 0 bridgehead atoms. The van der Waals surface area contributed by atoms with Gasteiger partial charge in [-0.05, 0) is 24.6 Å². The monoisotopic (exact) mass is 223 g/mol. The zero-order valence-electron chi connectivity index (χ0n) is 8.79. The second-order valence-corrected chi connectivity index (χ2v) is 3.92. The molecule has 1 heterocycles. The molecule has 0 saturated carbocycles. The van der Waals surface area contributed by atoms with Gasteiger partial charge in [0, 0.05) is 19.0 Å². The maximum Gasteiger partial charge on any atom is 0.220 e. The molecule has 0 radical (unpaired) electrons. The maximum absolute atomic E-state index is 13.0. The molecule has 16 heavy (non-hydrogen) atoms. The molecule has 5 heteroatoms. The van der Waals surface area contributed by atoms with E-state index in [0.29, 0.717) is 24.3 Å². The minimum Gasteiger partial charge on any atom is -0.397 e. The van der Waals surface area contributed by atoms with Gasteiger partial charge in [-0.15, -0.1) is 0 Å². The fraction of sp³-hybridized carbons (Fsp3) is 0.364. The smallest absolute Gasteiger partial charge is 0.220 e. The van der Waals surface area contributed by atoms with Gasteiger partial charge in [0.2, 0.25) is 5.91 Å². The van der Waals surface area contributed by atoms with Crippen molar-refractivity contribution in [1.29, 1.82) is 0 Å². The predicted octanol–water partition coefficient (Wildman–Crippen LogP) is 1.10. The first-order valence-corrected chi connectivity index (χ1v) is 5.23. The molecule has 4 nitrogen and oxygen atoms in total. The van der Waals surface area contributed by atoms with Crippen molar-refractivity contribution in [1.82, 2.24) is 5.32 Å². The van der Waals surface area contributed by atoms with Gasteiger partial charge in [-0.2, -0.15) is 0 Å². The number of halogens is 1. The van der Waals surface area contributed by atoms with E-state index in [9.17, 15) is 9.18 Å². The molecule has 1 unspecified atom stereocenters. The number of rotatable bonds is 2. The van der Waals surface area contributed by atoms with Crippen LogP contribution < -0.4 is 16.4 Å². The van der Waals surface area contributed by atoms with Crippen LogP contribution in [-0.2, 0) is 4.79 Å². The third-order valence-electron chi connectivity index (χ3n) is 2.64. The van der Waals surface area contributed by atoms with E-state index in [4.69, 9.17) is 5.73 Å². The summed E-state index contributed by atoms with van der Waals surface area (Å²) in [6.07, 6.45) is 1.23. The Morgan fingerprint density at radius 2 is 2.31 bits per heavy atom. The van der Waals surface area contributed by atoms with Gasteiger partial charge < -0.3 is 16.4 Å². The van der Waals surface area contributed by atoms with E-state index in [2.05, 4.69) is 10.6 Å². The Hall–Kier alpha value is -1.78. The topological polar surface area (TPSA) is 67.1 Å². The fourth-order valence-electron chi connectivity index (χ4n) is 1.73. The molecular weight excluding hydrogens is 209 g/mol. The Morgan fingerprint density at radius 1 is 1.50 bits per heavy atom. The average Bonchev–Trinajstić information content (AvgIpc) is 2.27. The molecule has 1 atom stereocenters. The lowest BCUT2D eigenvalue weighted by Gasteiger charge is -2.25. The molecule has 86 valence electrons. The van der Waals surface area contributed by atoms with Gasteiger partial charge >= 0.3 is 0 Å². The van der Waals surface area contributed by atoms with Gasteiger partial charge in [-0.1, -0.05) is 0 Å². The first kappa shape index (κ1) is 10.7. The van der Waals surface area contributed by atoms with Crippen LogP contribution in [0, 0.1) is 5.82 Å². The normalized spacial score (nSPS) is 20.3. The number of carbonyl (C=O) groups is 1. The number of hydrogen-bond acceptors (Lipinski definition) is 3. The Morgan fingerprint density at radius 3 is 3.00 bits per heavy atom. The minimum absolute atomic E-state index is 0.0604. The van der Waals surface area contributed by atoms with Crippen molar-refractivity contribution in [3.8, 4) is 0 Å². The first-order chi connectivity index (χ1) is 7.65. The van der Waals surface area contributed by atoms with E-state index < -0.39 is 0 Å². The number of benzene rings is 1. The first-order valence-electron chi connectivity index (χ1n) is 5.23. The molecule has 0 aliphatic carbocycles. The molecule has 2 rings (SSSR count). The van der Waals surface area contributed by atoms with Crippen LogP contribution in [0.1, 0.15) is 12.8 Å². The summed E-state index contributed by atoms with van der Waals surface area (Å²) < 4.78 is 13.0.